The first-order valence-electron chi connectivity index (χ1n) is 8.85. The molecule has 1 aliphatic heterocycles. The SMILES string of the molecule is CC(C)(C)c1ccc(C(=C[C@H]2CCC(=O)N2)c2ccc(N)c(=O)[nH]2)cc1. The molecule has 1 aromatic carbocycles. The molecule has 1 saturated heterocycles. The third kappa shape index (κ3) is 3.87. The minimum absolute atomic E-state index is 0.0409. The number of nitrogens with one attached hydrogen (secondary N) is 2. The van der Waals surface area contributed by atoms with Gasteiger partial charge < -0.3 is 16.0 Å². The van der Waals surface area contributed by atoms with E-state index in [4.69, 9.17) is 5.73 Å². The van der Waals surface area contributed by atoms with E-state index in [2.05, 4.69) is 55.3 Å². The van der Waals surface area contributed by atoms with Crippen molar-refractivity contribution in [2.75, 3.05) is 5.73 Å². The second-order valence-electron chi connectivity index (χ2n) is 7.78. The third-order valence-corrected chi connectivity index (χ3v) is 4.69. The van der Waals surface area contributed by atoms with Gasteiger partial charge in [0.15, 0.2) is 0 Å². The summed E-state index contributed by atoms with van der Waals surface area (Å²) in [7, 11) is 0. The van der Waals surface area contributed by atoms with Gasteiger partial charge in [-0.1, -0.05) is 51.1 Å². The van der Waals surface area contributed by atoms with Gasteiger partial charge in [-0.15, -0.1) is 0 Å². The summed E-state index contributed by atoms with van der Waals surface area (Å²) >= 11 is 0. The van der Waals surface area contributed by atoms with Crippen molar-refractivity contribution in [2.24, 2.45) is 0 Å². The molecule has 5 heteroatoms. The average Bonchev–Trinajstić information content (AvgIpc) is 3.00. The second-order valence-corrected chi connectivity index (χ2v) is 7.78. The Labute approximate surface area is 153 Å². The molecule has 1 aromatic heterocycles. The normalized spacial score (nSPS) is 18.0. The largest absolute Gasteiger partial charge is 0.394 e. The van der Waals surface area contributed by atoms with Gasteiger partial charge in [0.05, 0.1) is 5.69 Å². The van der Waals surface area contributed by atoms with Gasteiger partial charge in [-0.2, -0.15) is 0 Å². The molecule has 0 bridgehead atoms. The first-order chi connectivity index (χ1) is 12.2. The van der Waals surface area contributed by atoms with Crippen molar-refractivity contribution in [2.45, 2.75) is 45.1 Å². The highest BCUT2D eigenvalue weighted by molar-refractivity contribution is 5.82. The number of aromatic amines is 1. The van der Waals surface area contributed by atoms with Crippen LogP contribution in [0.4, 0.5) is 5.69 Å². The van der Waals surface area contributed by atoms with Gasteiger partial charge in [-0.3, -0.25) is 9.59 Å². The van der Waals surface area contributed by atoms with E-state index in [-0.39, 0.29) is 28.6 Å². The van der Waals surface area contributed by atoms with Gasteiger partial charge in [-0.05, 0) is 35.1 Å². The number of carbonyl (C=O) groups excluding carboxylic acids is 1. The number of hydrogen-bond donors (Lipinski definition) is 3. The maximum Gasteiger partial charge on any atom is 0.271 e. The minimum atomic E-state index is -0.310. The van der Waals surface area contributed by atoms with E-state index in [1.54, 1.807) is 12.1 Å². The average molecular weight is 351 g/mol. The molecule has 5 nitrogen and oxygen atoms in total. The lowest BCUT2D eigenvalue weighted by Gasteiger charge is -2.20. The summed E-state index contributed by atoms with van der Waals surface area (Å²) in [6, 6.07) is 11.7. The molecule has 136 valence electrons. The van der Waals surface area contributed by atoms with Gasteiger partial charge >= 0.3 is 0 Å². The fourth-order valence-electron chi connectivity index (χ4n) is 3.10. The highest BCUT2D eigenvalue weighted by Crippen LogP contribution is 2.28. The quantitative estimate of drug-likeness (QED) is 0.794. The van der Waals surface area contributed by atoms with E-state index in [9.17, 15) is 9.59 Å². The van der Waals surface area contributed by atoms with Crippen LogP contribution in [0.5, 0.6) is 0 Å². The van der Waals surface area contributed by atoms with Crippen molar-refractivity contribution in [3.63, 3.8) is 0 Å². The Morgan fingerprint density at radius 2 is 1.81 bits per heavy atom. The topological polar surface area (TPSA) is 88.0 Å². The van der Waals surface area contributed by atoms with Gasteiger partial charge in [-0.25, -0.2) is 0 Å². The van der Waals surface area contributed by atoms with Crippen LogP contribution in [-0.4, -0.2) is 16.9 Å². The van der Waals surface area contributed by atoms with Crippen LogP contribution in [0, 0.1) is 0 Å². The number of nitrogens with two attached hydrogens (primary N) is 1. The number of rotatable bonds is 3. The molecule has 0 spiro atoms. The number of nitrogen functional groups attached to an aromatic ring is 1. The zero-order valence-electron chi connectivity index (χ0n) is 15.4. The maximum atomic E-state index is 12.0. The van der Waals surface area contributed by atoms with E-state index in [1.165, 1.54) is 5.56 Å². The number of amides is 1. The monoisotopic (exact) mass is 351 g/mol. The summed E-state index contributed by atoms with van der Waals surface area (Å²) in [6.07, 6.45) is 3.29. The summed E-state index contributed by atoms with van der Waals surface area (Å²) in [5, 5.41) is 2.95. The van der Waals surface area contributed by atoms with Crippen LogP contribution in [0.2, 0.25) is 0 Å². The van der Waals surface area contributed by atoms with Crippen LogP contribution in [0.1, 0.15) is 50.4 Å². The molecular formula is C21H25N3O2. The standard InChI is InChI=1S/C21H25N3O2/c1-21(2,3)14-6-4-13(5-7-14)16(12-15-8-11-19(25)23-15)18-10-9-17(22)20(26)24-18/h4-7,9-10,12,15H,8,11,22H2,1-3H3,(H,23,25)(H,24,26)/t15-/m1/s1. The summed E-state index contributed by atoms with van der Waals surface area (Å²) in [5.41, 5.74) is 9.39. The summed E-state index contributed by atoms with van der Waals surface area (Å²) in [6.45, 7) is 6.51. The molecule has 0 unspecified atom stereocenters. The van der Waals surface area contributed by atoms with Crippen molar-refractivity contribution < 1.29 is 4.79 Å². The molecule has 0 aliphatic carbocycles. The molecule has 2 heterocycles. The van der Waals surface area contributed by atoms with Crippen molar-refractivity contribution in [1.29, 1.82) is 0 Å². The van der Waals surface area contributed by atoms with E-state index in [0.29, 0.717) is 12.1 Å². The van der Waals surface area contributed by atoms with Crippen LogP contribution in [0.3, 0.4) is 0 Å². The van der Waals surface area contributed by atoms with Crippen molar-refractivity contribution in [3.8, 4) is 0 Å². The van der Waals surface area contributed by atoms with Gasteiger partial charge in [0.25, 0.3) is 5.56 Å². The highest BCUT2D eigenvalue weighted by atomic mass is 16.2. The first-order valence-corrected chi connectivity index (χ1v) is 8.85. The smallest absolute Gasteiger partial charge is 0.271 e. The molecular weight excluding hydrogens is 326 g/mol. The second kappa shape index (κ2) is 6.83. The zero-order valence-corrected chi connectivity index (χ0v) is 15.4. The van der Waals surface area contributed by atoms with Gasteiger partial charge in [0.1, 0.15) is 0 Å². The maximum absolute atomic E-state index is 12.0. The number of H-pyrrole nitrogens is 1. The molecule has 2 aromatic rings. The Kier molecular flexibility index (Phi) is 4.72. The molecule has 4 N–H and O–H groups in total. The number of hydrogen-bond acceptors (Lipinski definition) is 3. The zero-order chi connectivity index (χ0) is 18.9. The summed E-state index contributed by atoms with van der Waals surface area (Å²) < 4.78 is 0. The van der Waals surface area contributed by atoms with Crippen molar-refractivity contribution in [3.05, 3.63) is 69.6 Å². The van der Waals surface area contributed by atoms with E-state index >= 15 is 0 Å². The van der Waals surface area contributed by atoms with Crippen LogP contribution in [0.15, 0.2) is 47.3 Å². The molecule has 0 radical (unpaired) electrons. The Hall–Kier alpha value is -2.82. The molecule has 1 aliphatic rings. The number of aromatic nitrogens is 1. The van der Waals surface area contributed by atoms with Crippen LogP contribution in [0.25, 0.3) is 5.57 Å². The predicted molar refractivity (Wildman–Crippen MR) is 105 cm³/mol. The number of pyridine rings is 1. The van der Waals surface area contributed by atoms with Crippen LogP contribution >= 0.6 is 0 Å². The molecule has 3 rings (SSSR count). The minimum Gasteiger partial charge on any atom is -0.394 e. The Morgan fingerprint density at radius 3 is 2.35 bits per heavy atom. The Morgan fingerprint density at radius 1 is 1.12 bits per heavy atom. The van der Waals surface area contributed by atoms with Gasteiger partial charge in [0, 0.05) is 23.7 Å². The molecule has 0 saturated carbocycles. The number of benzene rings is 1. The summed E-state index contributed by atoms with van der Waals surface area (Å²) in [5.74, 6) is 0.0551. The molecule has 1 fully saturated rings. The first kappa shape index (κ1) is 18.0. The molecule has 26 heavy (non-hydrogen) atoms. The number of anilines is 1. The molecule has 1 amide bonds. The van der Waals surface area contributed by atoms with Gasteiger partial charge in [0.2, 0.25) is 5.91 Å². The highest BCUT2D eigenvalue weighted by Gasteiger charge is 2.21. The fourth-order valence-corrected chi connectivity index (χ4v) is 3.10. The fraction of sp³-hybridized carbons (Fsp3) is 0.333. The lowest BCUT2D eigenvalue weighted by atomic mass is 9.86. The van der Waals surface area contributed by atoms with Crippen LogP contribution < -0.4 is 16.6 Å². The van der Waals surface area contributed by atoms with Crippen molar-refractivity contribution in [1.82, 2.24) is 10.3 Å². The Balaban J connectivity index is 2.05. The predicted octanol–water partition coefficient (Wildman–Crippen LogP) is 2.96. The number of carbonyl (C=O) groups is 1. The van der Waals surface area contributed by atoms with Crippen LogP contribution in [-0.2, 0) is 10.2 Å². The van der Waals surface area contributed by atoms with Crippen molar-refractivity contribution >= 4 is 17.2 Å². The third-order valence-electron chi connectivity index (χ3n) is 4.69. The van der Waals surface area contributed by atoms with E-state index in [1.807, 2.05) is 6.08 Å². The summed E-state index contributed by atoms with van der Waals surface area (Å²) in [4.78, 5) is 26.4. The Bertz CT molecular complexity index is 902. The van der Waals surface area contributed by atoms with E-state index in [0.717, 1.165) is 17.6 Å². The lowest BCUT2D eigenvalue weighted by Crippen LogP contribution is -2.23. The lowest BCUT2D eigenvalue weighted by molar-refractivity contribution is -0.119. The molecule has 1 atom stereocenters. The van der Waals surface area contributed by atoms with E-state index < -0.39 is 0 Å².